The quantitative estimate of drug-likeness (QED) is 0.772. The van der Waals surface area contributed by atoms with Crippen molar-refractivity contribution in [3.63, 3.8) is 0 Å². The summed E-state index contributed by atoms with van der Waals surface area (Å²) in [6.45, 7) is 0.278. The lowest BCUT2D eigenvalue weighted by Crippen LogP contribution is -2.29. The van der Waals surface area contributed by atoms with Gasteiger partial charge in [0.05, 0.1) is 17.8 Å². The van der Waals surface area contributed by atoms with Gasteiger partial charge in [0, 0.05) is 9.50 Å². The summed E-state index contributed by atoms with van der Waals surface area (Å²) >= 11 is 9.51. The third-order valence-corrected chi connectivity index (χ3v) is 4.24. The average Bonchev–Trinajstić information content (AvgIpc) is 2.68. The first-order valence-corrected chi connectivity index (χ1v) is 7.15. The number of carbonyl (C=O) groups excluding carboxylic acids is 2. The number of anilines is 1. The van der Waals surface area contributed by atoms with Crippen molar-refractivity contribution in [3.8, 4) is 0 Å². The maximum absolute atomic E-state index is 12.1. The Morgan fingerprint density at radius 1 is 1.05 bits per heavy atom. The highest BCUT2D eigenvalue weighted by molar-refractivity contribution is 9.10. The molecule has 0 unspecified atom stereocenters. The molecule has 0 bridgehead atoms. The topological polar surface area (TPSA) is 37.4 Å². The fraction of sp³-hybridized carbons (Fsp3) is 0.0667. The number of para-hydroxylation sites is 1. The normalized spacial score (nSPS) is 13.8. The average molecular weight is 351 g/mol. The van der Waals surface area contributed by atoms with Crippen molar-refractivity contribution >= 4 is 44.9 Å². The number of Topliss-reactive ketones (excluding diaryl/α,β-unsaturated/α-hetero) is 1. The molecular formula is C15H9BrClNO2. The molecule has 1 aliphatic rings. The minimum atomic E-state index is -0.521. The Labute approximate surface area is 129 Å². The van der Waals surface area contributed by atoms with Gasteiger partial charge in [-0.25, -0.2) is 0 Å². The molecule has 0 fully saturated rings. The molecule has 5 heteroatoms. The van der Waals surface area contributed by atoms with Crippen LogP contribution in [0.15, 0.2) is 46.9 Å². The second-order valence-electron chi connectivity index (χ2n) is 4.45. The van der Waals surface area contributed by atoms with Crippen LogP contribution in [-0.4, -0.2) is 11.7 Å². The van der Waals surface area contributed by atoms with Gasteiger partial charge in [-0.15, -0.1) is 0 Å². The van der Waals surface area contributed by atoms with Gasteiger partial charge in [0.15, 0.2) is 0 Å². The molecule has 0 spiro atoms. The fourth-order valence-electron chi connectivity index (χ4n) is 2.26. The van der Waals surface area contributed by atoms with Crippen LogP contribution in [0.1, 0.15) is 15.9 Å². The highest BCUT2D eigenvalue weighted by Gasteiger charge is 2.37. The van der Waals surface area contributed by atoms with E-state index in [1.54, 1.807) is 18.2 Å². The number of halogens is 2. The van der Waals surface area contributed by atoms with Crippen molar-refractivity contribution in [1.82, 2.24) is 0 Å². The van der Waals surface area contributed by atoms with Gasteiger partial charge in [-0.2, -0.15) is 0 Å². The number of ketones is 1. The van der Waals surface area contributed by atoms with Crippen molar-refractivity contribution in [2.24, 2.45) is 0 Å². The molecule has 3 rings (SSSR count). The summed E-state index contributed by atoms with van der Waals surface area (Å²) in [6, 6.07) is 12.5. The van der Waals surface area contributed by atoms with Crippen molar-refractivity contribution in [3.05, 3.63) is 63.1 Å². The predicted molar refractivity (Wildman–Crippen MR) is 81.1 cm³/mol. The van der Waals surface area contributed by atoms with Gasteiger partial charge in [-0.05, 0) is 39.7 Å². The maximum Gasteiger partial charge on any atom is 0.299 e. The molecule has 20 heavy (non-hydrogen) atoms. The van der Waals surface area contributed by atoms with Crippen molar-refractivity contribution in [1.29, 1.82) is 0 Å². The van der Waals surface area contributed by atoms with Crippen LogP contribution in [0.3, 0.4) is 0 Å². The molecule has 2 aromatic rings. The van der Waals surface area contributed by atoms with E-state index in [0.717, 1.165) is 10.0 Å². The third-order valence-electron chi connectivity index (χ3n) is 3.23. The molecule has 0 radical (unpaired) electrons. The number of rotatable bonds is 2. The Balaban J connectivity index is 2.06. The van der Waals surface area contributed by atoms with Crippen molar-refractivity contribution < 1.29 is 9.59 Å². The number of hydrogen-bond donors (Lipinski definition) is 0. The van der Waals surface area contributed by atoms with E-state index in [9.17, 15) is 9.59 Å². The van der Waals surface area contributed by atoms with E-state index in [-0.39, 0.29) is 6.54 Å². The molecule has 2 aromatic carbocycles. The lowest BCUT2D eigenvalue weighted by molar-refractivity contribution is -0.114. The van der Waals surface area contributed by atoms with Crippen LogP contribution in [0.2, 0.25) is 5.02 Å². The molecule has 3 nitrogen and oxygen atoms in total. The molecule has 0 aliphatic carbocycles. The highest BCUT2D eigenvalue weighted by atomic mass is 79.9. The van der Waals surface area contributed by atoms with Gasteiger partial charge >= 0.3 is 0 Å². The second kappa shape index (κ2) is 5.04. The number of nitrogens with zero attached hydrogens (tertiary/aromatic N) is 1. The first kappa shape index (κ1) is 13.3. The summed E-state index contributed by atoms with van der Waals surface area (Å²) in [5, 5.41) is 0.577. The van der Waals surface area contributed by atoms with Crippen LogP contribution < -0.4 is 4.90 Å². The molecule has 0 atom stereocenters. The molecule has 1 amide bonds. The summed E-state index contributed by atoms with van der Waals surface area (Å²) in [5.41, 5.74) is 1.85. The highest BCUT2D eigenvalue weighted by Crippen LogP contribution is 2.37. The van der Waals surface area contributed by atoms with E-state index >= 15 is 0 Å². The van der Waals surface area contributed by atoms with Crippen molar-refractivity contribution in [2.75, 3.05) is 4.90 Å². The molecule has 0 saturated carbocycles. The number of fused-ring (bicyclic) bond motifs is 1. The molecular weight excluding hydrogens is 342 g/mol. The summed E-state index contributed by atoms with van der Waals surface area (Å²) in [4.78, 5) is 25.6. The van der Waals surface area contributed by atoms with Gasteiger partial charge in [0.25, 0.3) is 11.7 Å². The maximum atomic E-state index is 12.1. The number of hydrogen-bond acceptors (Lipinski definition) is 2. The summed E-state index contributed by atoms with van der Waals surface area (Å²) in [7, 11) is 0. The standard InChI is InChI=1S/C15H9BrClNO2/c16-11-6-3-5-10-13(11)18(15(20)14(10)19)8-9-4-1-2-7-12(9)17/h1-7H,8H2. The molecule has 1 aliphatic heterocycles. The first-order chi connectivity index (χ1) is 9.59. The number of amides is 1. The SMILES string of the molecule is O=C1C(=O)N(Cc2ccccc2Cl)c2c(Br)cccc21. The fourth-order valence-corrected chi connectivity index (χ4v) is 3.04. The predicted octanol–water partition coefficient (Wildman–Crippen LogP) is 3.83. The van der Waals surface area contributed by atoms with Crippen molar-refractivity contribution in [2.45, 2.75) is 6.54 Å². The van der Waals surface area contributed by atoms with Crippen LogP contribution in [-0.2, 0) is 11.3 Å². The largest absolute Gasteiger partial charge is 0.299 e. The lowest BCUT2D eigenvalue weighted by atomic mass is 10.1. The van der Waals surface area contributed by atoms with E-state index in [4.69, 9.17) is 11.6 Å². The molecule has 0 aromatic heterocycles. The Bertz CT molecular complexity index is 730. The minimum Gasteiger partial charge on any atom is -0.299 e. The van der Waals surface area contributed by atoms with E-state index in [1.165, 1.54) is 4.90 Å². The van der Waals surface area contributed by atoms with Gasteiger partial charge in [-0.1, -0.05) is 35.9 Å². The van der Waals surface area contributed by atoms with E-state index in [0.29, 0.717) is 16.3 Å². The number of carbonyl (C=O) groups is 2. The zero-order chi connectivity index (χ0) is 14.3. The summed E-state index contributed by atoms with van der Waals surface area (Å²) < 4.78 is 0.723. The van der Waals surface area contributed by atoms with Gasteiger partial charge in [0.1, 0.15) is 0 Å². The molecule has 0 N–H and O–H groups in total. The summed E-state index contributed by atoms with van der Waals surface area (Å²) in [5.74, 6) is -1.000. The molecule has 1 heterocycles. The smallest absolute Gasteiger partial charge is 0.299 e. The number of benzene rings is 2. The van der Waals surface area contributed by atoms with Gasteiger partial charge < -0.3 is 0 Å². The van der Waals surface area contributed by atoms with E-state index in [2.05, 4.69) is 15.9 Å². The van der Waals surface area contributed by atoms with Crippen LogP contribution in [0.25, 0.3) is 0 Å². The lowest BCUT2D eigenvalue weighted by Gasteiger charge is -2.18. The van der Waals surface area contributed by atoms with Crippen LogP contribution >= 0.6 is 27.5 Å². The van der Waals surface area contributed by atoms with Crippen LogP contribution in [0.5, 0.6) is 0 Å². The Hall–Kier alpha value is -1.65. The zero-order valence-corrected chi connectivity index (χ0v) is 12.6. The Morgan fingerprint density at radius 2 is 1.80 bits per heavy atom. The second-order valence-corrected chi connectivity index (χ2v) is 5.71. The van der Waals surface area contributed by atoms with Crippen LogP contribution in [0, 0.1) is 0 Å². The minimum absolute atomic E-state index is 0.278. The zero-order valence-electron chi connectivity index (χ0n) is 10.3. The van der Waals surface area contributed by atoms with E-state index < -0.39 is 11.7 Å². The molecule has 0 saturated heterocycles. The van der Waals surface area contributed by atoms with Gasteiger partial charge in [0.2, 0.25) is 0 Å². The van der Waals surface area contributed by atoms with Gasteiger partial charge in [-0.3, -0.25) is 14.5 Å². The Kier molecular flexibility index (Phi) is 3.36. The molecule has 100 valence electrons. The van der Waals surface area contributed by atoms with E-state index in [1.807, 2.05) is 24.3 Å². The monoisotopic (exact) mass is 349 g/mol. The summed E-state index contributed by atoms with van der Waals surface area (Å²) in [6.07, 6.45) is 0. The third kappa shape index (κ3) is 2.05. The Morgan fingerprint density at radius 3 is 2.55 bits per heavy atom. The first-order valence-electron chi connectivity index (χ1n) is 5.97. The van der Waals surface area contributed by atoms with Crippen LogP contribution in [0.4, 0.5) is 5.69 Å².